The number of fused-ring (bicyclic) bond motifs is 2. The normalized spacial score (nSPS) is 13.0. The molecule has 9 heteroatoms. The Morgan fingerprint density at radius 3 is 2.46 bits per heavy atom. The van der Waals surface area contributed by atoms with Crippen molar-refractivity contribution in [3.8, 4) is 11.5 Å². The average Bonchev–Trinajstić information content (AvgIpc) is 3.28. The highest BCUT2D eigenvalue weighted by atomic mass is 35.5. The number of H-pyrrole nitrogens is 1. The summed E-state index contributed by atoms with van der Waals surface area (Å²) in [5.74, 6) is 1.17. The number of benzene rings is 3. The lowest BCUT2D eigenvalue weighted by molar-refractivity contribution is 0.174. The smallest absolute Gasteiger partial charge is 0.252 e. The van der Waals surface area contributed by atoms with Gasteiger partial charge in [0.25, 0.3) is 5.56 Å². The topological polar surface area (TPSA) is 88.7 Å². The summed E-state index contributed by atoms with van der Waals surface area (Å²) >= 11 is 5.98. The molecule has 7 nitrogen and oxygen atoms in total. The fourth-order valence-electron chi connectivity index (χ4n) is 4.26. The first-order valence-electron chi connectivity index (χ1n) is 11.0. The number of halogens is 1. The third-order valence-electron chi connectivity index (χ3n) is 5.96. The van der Waals surface area contributed by atoms with Gasteiger partial charge in [-0.25, -0.2) is 8.42 Å². The Labute approximate surface area is 207 Å². The lowest BCUT2D eigenvalue weighted by Gasteiger charge is -2.23. The second-order valence-electron chi connectivity index (χ2n) is 8.58. The van der Waals surface area contributed by atoms with Gasteiger partial charge in [-0.05, 0) is 78.9 Å². The van der Waals surface area contributed by atoms with Crippen molar-refractivity contribution in [2.45, 2.75) is 31.8 Å². The highest BCUT2D eigenvalue weighted by Crippen LogP contribution is 2.33. The Morgan fingerprint density at radius 2 is 1.69 bits per heavy atom. The molecule has 0 saturated heterocycles. The fourth-order valence-corrected chi connectivity index (χ4v) is 5.80. The lowest BCUT2D eigenvalue weighted by atomic mass is 10.1. The van der Waals surface area contributed by atoms with Crippen LogP contribution in [0, 0.1) is 13.8 Å². The Balaban J connectivity index is 1.57. The van der Waals surface area contributed by atoms with Gasteiger partial charge in [0.2, 0.25) is 16.8 Å². The van der Waals surface area contributed by atoms with E-state index in [1.165, 1.54) is 28.6 Å². The minimum absolute atomic E-state index is 0.0337. The minimum atomic E-state index is -3.96. The Bertz CT molecular complexity index is 1600. The number of sulfonamides is 1. The van der Waals surface area contributed by atoms with Gasteiger partial charge in [0.15, 0.2) is 11.5 Å². The van der Waals surface area contributed by atoms with E-state index in [-0.39, 0.29) is 30.3 Å². The van der Waals surface area contributed by atoms with Crippen LogP contribution in [-0.2, 0) is 23.1 Å². The molecule has 2 heterocycles. The molecule has 0 radical (unpaired) electrons. The molecule has 180 valence electrons. The van der Waals surface area contributed by atoms with Crippen molar-refractivity contribution >= 4 is 32.5 Å². The van der Waals surface area contributed by atoms with Crippen LogP contribution in [0.2, 0.25) is 5.02 Å². The van der Waals surface area contributed by atoms with E-state index >= 15 is 0 Å². The largest absolute Gasteiger partial charge is 0.454 e. The molecule has 0 bridgehead atoms. The number of hydrogen-bond donors (Lipinski definition) is 1. The van der Waals surface area contributed by atoms with Crippen molar-refractivity contribution in [2.75, 3.05) is 6.79 Å². The fraction of sp³-hybridized carbons (Fsp3) is 0.192. The van der Waals surface area contributed by atoms with Crippen LogP contribution in [0.25, 0.3) is 10.9 Å². The molecule has 0 spiro atoms. The molecule has 4 aromatic rings. The van der Waals surface area contributed by atoms with Crippen molar-refractivity contribution in [1.82, 2.24) is 9.29 Å². The van der Waals surface area contributed by atoms with Crippen molar-refractivity contribution in [3.63, 3.8) is 0 Å². The van der Waals surface area contributed by atoms with E-state index in [1.807, 2.05) is 26.0 Å². The van der Waals surface area contributed by atoms with Crippen molar-refractivity contribution in [1.29, 1.82) is 0 Å². The summed E-state index contributed by atoms with van der Waals surface area (Å²) in [4.78, 5) is 16.0. The molecule has 0 amide bonds. The molecule has 0 atom stereocenters. The van der Waals surface area contributed by atoms with Gasteiger partial charge in [-0.1, -0.05) is 29.3 Å². The molecule has 5 rings (SSSR count). The molecular weight excluding hydrogens is 488 g/mol. The van der Waals surface area contributed by atoms with E-state index < -0.39 is 10.0 Å². The zero-order valence-electron chi connectivity index (χ0n) is 19.2. The molecule has 3 aromatic carbocycles. The number of aromatic nitrogens is 1. The average molecular weight is 511 g/mol. The van der Waals surface area contributed by atoms with E-state index in [0.717, 1.165) is 22.0 Å². The predicted molar refractivity (Wildman–Crippen MR) is 134 cm³/mol. The van der Waals surface area contributed by atoms with Gasteiger partial charge in [0.1, 0.15) is 0 Å². The summed E-state index contributed by atoms with van der Waals surface area (Å²) in [6.07, 6.45) is 0. The molecule has 0 unspecified atom stereocenters. The lowest BCUT2D eigenvalue weighted by Crippen LogP contribution is -2.32. The number of nitrogens with zero attached hydrogens (tertiary/aromatic N) is 1. The standard InChI is InChI=1S/C26H23ClN2O5S/c1-16-9-17(2)25-19(10-16)12-20(26(30)28-25)14-29(35(31,32)22-6-4-21(27)5-7-22)13-18-3-8-23-24(11-18)34-15-33-23/h3-12H,13-15H2,1-2H3,(H,28,30). The molecule has 1 aromatic heterocycles. The van der Waals surface area contributed by atoms with Gasteiger partial charge in [-0.3, -0.25) is 4.79 Å². The Morgan fingerprint density at radius 1 is 0.943 bits per heavy atom. The molecule has 35 heavy (non-hydrogen) atoms. The predicted octanol–water partition coefficient (Wildman–Crippen LogP) is 4.92. The summed E-state index contributed by atoms with van der Waals surface area (Å²) in [5, 5.41) is 1.28. The number of nitrogens with one attached hydrogen (secondary N) is 1. The van der Waals surface area contributed by atoms with Gasteiger partial charge in [0.05, 0.1) is 10.4 Å². The highest BCUT2D eigenvalue weighted by molar-refractivity contribution is 7.89. The van der Waals surface area contributed by atoms with Gasteiger partial charge >= 0.3 is 0 Å². The van der Waals surface area contributed by atoms with E-state index in [0.29, 0.717) is 27.6 Å². The quantitative estimate of drug-likeness (QED) is 0.398. The van der Waals surface area contributed by atoms with Gasteiger partial charge in [-0.15, -0.1) is 0 Å². The first-order valence-corrected chi connectivity index (χ1v) is 12.8. The van der Waals surface area contributed by atoms with E-state index in [1.54, 1.807) is 24.3 Å². The Kier molecular flexibility index (Phi) is 6.04. The van der Waals surface area contributed by atoms with Crippen LogP contribution >= 0.6 is 11.6 Å². The van der Waals surface area contributed by atoms with E-state index in [9.17, 15) is 13.2 Å². The van der Waals surface area contributed by atoms with Gasteiger partial charge < -0.3 is 14.5 Å². The maximum Gasteiger partial charge on any atom is 0.252 e. The first-order chi connectivity index (χ1) is 16.7. The SMILES string of the molecule is Cc1cc(C)c2[nH]c(=O)c(CN(Cc3ccc4c(c3)OCO4)S(=O)(=O)c3ccc(Cl)cc3)cc2c1. The third-order valence-corrected chi connectivity index (χ3v) is 8.02. The zero-order chi connectivity index (χ0) is 24.7. The number of pyridine rings is 1. The number of aromatic amines is 1. The van der Waals surface area contributed by atoms with Crippen LogP contribution < -0.4 is 15.0 Å². The summed E-state index contributed by atoms with van der Waals surface area (Å²) in [6.45, 7) is 3.95. The van der Waals surface area contributed by atoms with Crippen LogP contribution in [0.5, 0.6) is 11.5 Å². The monoisotopic (exact) mass is 510 g/mol. The van der Waals surface area contributed by atoms with Crippen LogP contribution in [0.1, 0.15) is 22.3 Å². The van der Waals surface area contributed by atoms with Crippen molar-refractivity contribution < 1.29 is 17.9 Å². The summed E-state index contributed by atoms with van der Waals surface area (Å²) < 4.78 is 39.5. The molecular formula is C26H23ClN2O5S. The summed E-state index contributed by atoms with van der Waals surface area (Å²) in [5.41, 5.74) is 3.48. The van der Waals surface area contributed by atoms with Crippen LogP contribution in [0.3, 0.4) is 0 Å². The molecule has 1 N–H and O–H groups in total. The Hall–Kier alpha value is -3.33. The van der Waals surface area contributed by atoms with Crippen molar-refractivity contribution in [2.24, 2.45) is 0 Å². The summed E-state index contributed by atoms with van der Waals surface area (Å²) in [7, 11) is -3.96. The number of hydrogen-bond acceptors (Lipinski definition) is 5. The molecule has 0 saturated carbocycles. The number of ether oxygens (including phenoxy) is 2. The molecule has 0 fully saturated rings. The zero-order valence-corrected chi connectivity index (χ0v) is 20.7. The molecule has 1 aliphatic heterocycles. The maximum atomic E-state index is 13.7. The summed E-state index contributed by atoms with van der Waals surface area (Å²) in [6, 6.07) is 17.0. The third kappa shape index (κ3) is 4.65. The van der Waals surface area contributed by atoms with Crippen molar-refractivity contribution in [3.05, 3.63) is 98.3 Å². The maximum absolute atomic E-state index is 13.7. The second kappa shape index (κ2) is 9.03. The second-order valence-corrected chi connectivity index (χ2v) is 11.0. The van der Waals surface area contributed by atoms with E-state index in [4.69, 9.17) is 21.1 Å². The number of aryl methyl sites for hydroxylation is 2. The minimum Gasteiger partial charge on any atom is -0.454 e. The number of rotatable bonds is 6. The van der Waals surface area contributed by atoms with Gasteiger partial charge in [-0.2, -0.15) is 4.31 Å². The van der Waals surface area contributed by atoms with Crippen LogP contribution in [-0.4, -0.2) is 24.5 Å². The molecule has 1 aliphatic rings. The van der Waals surface area contributed by atoms with Crippen LogP contribution in [0.4, 0.5) is 0 Å². The first kappa shape index (κ1) is 23.4. The van der Waals surface area contributed by atoms with Gasteiger partial charge in [0, 0.05) is 23.7 Å². The van der Waals surface area contributed by atoms with Crippen LogP contribution in [0.15, 0.2) is 70.4 Å². The molecule has 0 aliphatic carbocycles. The highest BCUT2D eigenvalue weighted by Gasteiger charge is 2.27. The van der Waals surface area contributed by atoms with E-state index in [2.05, 4.69) is 4.98 Å².